The van der Waals surface area contributed by atoms with Crippen molar-refractivity contribution in [1.82, 2.24) is 0 Å². The molecule has 5 rings (SSSR count). The van der Waals surface area contributed by atoms with Gasteiger partial charge in [0.1, 0.15) is 52.8 Å². The zero-order chi connectivity index (χ0) is 31.0. The Labute approximate surface area is 243 Å². The van der Waals surface area contributed by atoms with Crippen LogP contribution in [-0.2, 0) is 9.47 Å². The van der Waals surface area contributed by atoms with Crippen LogP contribution in [-0.4, -0.2) is 81.9 Å². The summed E-state index contributed by atoms with van der Waals surface area (Å²) in [7, 11) is 2.78. The van der Waals surface area contributed by atoms with E-state index in [0.29, 0.717) is 11.3 Å². The molecule has 2 heterocycles. The number of aromatic hydroxyl groups is 3. The highest BCUT2D eigenvalue weighted by atomic mass is 16.6. The lowest BCUT2D eigenvalue weighted by Crippen LogP contribution is -2.56. The Morgan fingerprint density at radius 1 is 0.884 bits per heavy atom. The molecule has 4 aromatic rings. The number of aliphatic hydroxyl groups is 3. The van der Waals surface area contributed by atoms with Gasteiger partial charge in [-0.25, -0.2) is 4.79 Å². The second-order valence-corrected chi connectivity index (χ2v) is 9.75. The number of carbonyl (C=O) groups is 1. The molecule has 43 heavy (non-hydrogen) atoms. The summed E-state index contributed by atoms with van der Waals surface area (Å²) in [5.41, 5.74) is -1.05. The standard InChI is InChI=1S/C30H28O13/c1-39-19-8-5-14(9-21(19)40-2)30(38)43-29-26(37)25(36)22(12-31)42-28(29)24-17(34)10-16(33)23-18(35)11-20(41-27(23)24)13-3-6-15(32)7-4-13/h3-11,22,25-26,28-29,31-34,36-37H,12H2,1-2H3/t22-,25-,26-,28-,29-/m0/s1. The molecular formula is C30H28O13. The summed E-state index contributed by atoms with van der Waals surface area (Å²) in [6, 6.07) is 11.8. The molecule has 1 aliphatic rings. The molecule has 0 spiro atoms. The molecular weight excluding hydrogens is 568 g/mol. The Bertz CT molecular complexity index is 1710. The summed E-state index contributed by atoms with van der Waals surface area (Å²) in [5, 5.41) is 62.5. The van der Waals surface area contributed by atoms with E-state index in [1.54, 1.807) is 0 Å². The molecule has 1 saturated heterocycles. The maximum atomic E-state index is 13.3. The molecule has 6 N–H and O–H groups in total. The van der Waals surface area contributed by atoms with Crippen LogP contribution in [0.15, 0.2) is 63.8 Å². The van der Waals surface area contributed by atoms with Crippen molar-refractivity contribution in [2.24, 2.45) is 0 Å². The van der Waals surface area contributed by atoms with Crippen LogP contribution in [0.2, 0.25) is 0 Å². The van der Waals surface area contributed by atoms with E-state index >= 15 is 0 Å². The number of methoxy groups -OCH3 is 2. The number of fused-ring (bicyclic) bond motifs is 1. The van der Waals surface area contributed by atoms with Crippen molar-refractivity contribution in [2.45, 2.75) is 30.5 Å². The number of aliphatic hydroxyl groups excluding tert-OH is 3. The molecule has 13 nitrogen and oxygen atoms in total. The molecule has 1 aliphatic heterocycles. The van der Waals surface area contributed by atoms with E-state index in [4.69, 9.17) is 23.4 Å². The Morgan fingerprint density at radius 2 is 1.58 bits per heavy atom. The number of hydrogen-bond acceptors (Lipinski definition) is 13. The van der Waals surface area contributed by atoms with Gasteiger partial charge in [0.25, 0.3) is 0 Å². The van der Waals surface area contributed by atoms with Crippen molar-refractivity contribution in [3.05, 3.63) is 75.9 Å². The first-order chi connectivity index (χ1) is 20.6. The number of rotatable bonds is 7. The third-order valence-corrected chi connectivity index (χ3v) is 7.16. The molecule has 0 saturated carbocycles. The summed E-state index contributed by atoms with van der Waals surface area (Å²) in [6.07, 6.45) is -8.34. The first-order valence-electron chi connectivity index (χ1n) is 13.0. The predicted molar refractivity (Wildman–Crippen MR) is 148 cm³/mol. The van der Waals surface area contributed by atoms with Gasteiger partial charge in [0.2, 0.25) is 0 Å². The largest absolute Gasteiger partial charge is 0.508 e. The fourth-order valence-corrected chi connectivity index (χ4v) is 4.97. The Kier molecular flexibility index (Phi) is 8.15. The number of esters is 1. The Hall–Kier alpha value is -4.82. The first kappa shape index (κ1) is 29.7. The van der Waals surface area contributed by atoms with Crippen molar-refractivity contribution >= 4 is 16.9 Å². The summed E-state index contributed by atoms with van der Waals surface area (Å²) < 4.78 is 27.8. The van der Waals surface area contributed by atoms with Crippen LogP contribution in [0.5, 0.6) is 28.7 Å². The van der Waals surface area contributed by atoms with Crippen LogP contribution in [0.25, 0.3) is 22.3 Å². The highest BCUT2D eigenvalue weighted by molar-refractivity contribution is 5.91. The molecule has 0 bridgehead atoms. The predicted octanol–water partition coefficient (Wildman–Crippen LogP) is 1.97. The second-order valence-electron chi connectivity index (χ2n) is 9.75. The molecule has 1 fully saturated rings. The molecule has 0 aliphatic carbocycles. The smallest absolute Gasteiger partial charge is 0.338 e. The van der Waals surface area contributed by atoms with E-state index in [0.717, 1.165) is 12.1 Å². The van der Waals surface area contributed by atoms with Crippen LogP contribution in [0.1, 0.15) is 22.0 Å². The lowest BCUT2D eigenvalue weighted by atomic mass is 9.89. The SMILES string of the molecule is COc1ccc(C(=O)O[C@H]2[C@@H](O)[C@@H](O)[C@H](CO)O[C@H]2c2c(O)cc(O)c3c(=O)cc(-c4ccc(O)cc4)oc23)cc1OC. The van der Waals surface area contributed by atoms with Gasteiger partial charge in [-0.15, -0.1) is 0 Å². The zero-order valence-corrected chi connectivity index (χ0v) is 22.8. The van der Waals surface area contributed by atoms with Gasteiger partial charge in [-0.05, 0) is 42.5 Å². The number of carbonyl (C=O) groups excluding carboxylic acids is 1. The van der Waals surface area contributed by atoms with Crippen molar-refractivity contribution < 1.29 is 58.8 Å². The van der Waals surface area contributed by atoms with Gasteiger partial charge < -0.3 is 54.0 Å². The van der Waals surface area contributed by atoms with Crippen molar-refractivity contribution in [1.29, 1.82) is 0 Å². The third kappa shape index (κ3) is 5.42. The molecule has 1 aromatic heterocycles. The van der Waals surface area contributed by atoms with E-state index in [2.05, 4.69) is 0 Å². The van der Waals surface area contributed by atoms with Gasteiger partial charge in [-0.1, -0.05) is 0 Å². The Balaban J connectivity index is 1.66. The quantitative estimate of drug-likeness (QED) is 0.169. The van der Waals surface area contributed by atoms with E-state index in [9.17, 15) is 40.2 Å². The van der Waals surface area contributed by atoms with Gasteiger partial charge in [0, 0.05) is 17.7 Å². The molecule has 0 radical (unpaired) electrons. The lowest BCUT2D eigenvalue weighted by molar-refractivity contribution is -0.231. The molecule has 226 valence electrons. The number of phenols is 3. The number of phenolic OH excluding ortho intramolecular Hbond substituents is 3. The normalized spacial score (nSPS) is 21.8. The number of hydrogen-bond donors (Lipinski definition) is 6. The zero-order valence-electron chi connectivity index (χ0n) is 22.8. The maximum absolute atomic E-state index is 13.3. The highest BCUT2D eigenvalue weighted by Gasteiger charge is 2.49. The van der Waals surface area contributed by atoms with Gasteiger partial charge in [-0.2, -0.15) is 0 Å². The minimum Gasteiger partial charge on any atom is -0.508 e. The molecule has 0 unspecified atom stereocenters. The summed E-state index contributed by atoms with van der Waals surface area (Å²) in [6.45, 7) is -0.773. The monoisotopic (exact) mass is 596 g/mol. The minimum absolute atomic E-state index is 0.0160. The summed E-state index contributed by atoms with van der Waals surface area (Å²) in [4.78, 5) is 26.4. The average molecular weight is 597 g/mol. The topological polar surface area (TPSA) is 206 Å². The van der Waals surface area contributed by atoms with Gasteiger partial charge in [-0.3, -0.25) is 4.79 Å². The van der Waals surface area contributed by atoms with Gasteiger partial charge in [0.05, 0.1) is 32.0 Å². The summed E-state index contributed by atoms with van der Waals surface area (Å²) in [5.74, 6) is -1.79. The average Bonchev–Trinajstić information content (AvgIpc) is 2.99. The van der Waals surface area contributed by atoms with Crippen LogP contribution in [0.4, 0.5) is 0 Å². The van der Waals surface area contributed by atoms with E-state index in [1.807, 2.05) is 0 Å². The lowest BCUT2D eigenvalue weighted by Gasteiger charge is -2.42. The second kappa shape index (κ2) is 11.8. The van der Waals surface area contributed by atoms with Gasteiger partial charge in [0.15, 0.2) is 28.6 Å². The van der Waals surface area contributed by atoms with Crippen LogP contribution < -0.4 is 14.9 Å². The highest BCUT2D eigenvalue weighted by Crippen LogP contribution is 2.45. The minimum atomic E-state index is -1.85. The van der Waals surface area contributed by atoms with E-state index in [-0.39, 0.29) is 39.4 Å². The molecule has 13 heteroatoms. The fraction of sp³-hybridized carbons (Fsp3) is 0.267. The molecule has 5 atom stereocenters. The van der Waals surface area contributed by atoms with Crippen molar-refractivity contribution in [3.63, 3.8) is 0 Å². The maximum Gasteiger partial charge on any atom is 0.338 e. The van der Waals surface area contributed by atoms with Crippen molar-refractivity contribution in [3.8, 4) is 40.1 Å². The number of ether oxygens (including phenoxy) is 4. The van der Waals surface area contributed by atoms with Gasteiger partial charge >= 0.3 is 5.97 Å². The van der Waals surface area contributed by atoms with E-state index in [1.165, 1.54) is 56.7 Å². The van der Waals surface area contributed by atoms with Crippen LogP contribution >= 0.6 is 0 Å². The molecule has 3 aromatic carbocycles. The van der Waals surface area contributed by atoms with Crippen LogP contribution in [0.3, 0.4) is 0 Å². The van der Waals surface area contributed by atoms with Crippen molar-refractivity contribution in [2.75, 3.05) is 20.8 Å². The number of benzene rings is 3. The van der Waals surface area contributed by atoms with E-state index < -0.39 is 60.0 Å². The third-order valence-electron chi connectivity index (χ3n) is 7.16. The fourth-order valence-electron chi connectivity index (χ4n) is 4.97. The Morgan fingerprint density at radius 3 is 2.23 bits per heavy atom. The molecule has 0 amide bonds. The van der Waals surface area contributed by atoms with Crippen LogP contribution in [0, 0.1) is 0 Å². The summed E-state index contributed by atoms with van der Waals surface area (Å²) >= 11 is 0. The first-order valence-corrected chi connectivity index (χ1v) is 13.0.